The Labute approximate surface area is 93.5 Å². The summed E-state index contributed by atoms with van der Waals surface area (Å²) in [7, 11) is 0. The summed E-state index contributed by atoms with van der Waals surface area (Å²) in [6.07, 6.45) is 11.6. The molecule has 88 valence electrons. The van der Waals surface area contributed by atoms with E-state index in [4.69, 9.17) is 0 Å². The summed E-state index contributed by atoms with van der Waals surface area (Å²) in [4.78, 5) is 0. The summed E-state index contributed by atoms with van der Waals surface area (Å²) in [6, 6.07) is 0.593. The molecule has 2 atom stereocenters. The van der Waals surface area contributed by atoms with Crippen LogP contribution in [0.1, 0.15) is 57.8 Å². The molecule has 2 fully saturated rings. The molecule has 2 saturated carbocycles. The lowest BCUT2D eigenvalue weighted by Gasteiger charge is -2.29. The Morgan fingerprint density at radius 3 is 2.47 bits per heavy atom. The molecule has 2 unspecified atom stereocenters. The summed E-state index contributed by atoms with van der Waals surface area (Å²) in [5.74, 6) is 0.915. The average molecular weight is 211 g/mol. The fraction of sp³-hybridized carbons (Fsp3) is 1.00. The van der Waals surface area contributed by atoms with Crippen LogP contribution in [-0.2, 0) is 0 Å². The molecule has 2 rings (SSSR count). The maximum atomic E-state index is 9.58. The second-order valence-corrected chi connectivity index (χ2v) is 5.43. The van der Waals surface area contributed by atoms with Crippen molar-refractivity contribution in [2.24, 2.45) is 5.92 Å². The lowest BCUT2D eigenvalue weighted by Crippen LogP contribution is -2.38. The first-order valence-corrected chi connectivity index (χ1v) is 6.76. The smallest absolute Gasteiger partial charge is 0.0555 e. The highest BCUT2D eigenvalue weighted by Gasteiger charge is 2.21. The molecule has 0 aliphatic heterocycles. The van der Waals surface area contributed by atoms with Crippen molar-refractivity contribution in [1.82, 2.24) is 5.32 Å². The SMILES string of the molecule is OC1CCCC(NCC2CCCCC2)C1. The van der Waals surface area contributed by atoms with Gasteiger partial charge in [0.2, 0.25) is 0 Å². The van der Waals surface area contributed by atoms with Gasteiger partial charge in [-0.05, 0) is 51.0 Å². The summed E-state index contributed by atoms with van der Waals surface area (Å²) in [5.41, 5.74) is 0. The van der Waals surface area contributed by atoms with Crippen LogP contribution in [0.4, 0.5) is 0 Å². The second kappa shape index (κ2) is 5.86. The molecular weight excluding hydrogens is 186 g/mol. The highest BCUT2D eigenvalue weighted by Crippen LogP contribution is 2.24. The second-order valence-electron chi connectivity index (χ2n) is 5.43. The molecule has 15 heavy (non-hydrogen) atoms. The highest BCUT2D eigenvalue weighted by molar-refractivity contribution is 4.79. The number of hydrogen-bond donors (Lipinski definition) is 2. The van der Waals surface area contributed by atoms with Gasteiger partial charge in [-0.2, -0.15) is 0 Å². The van der Waals surface area contributed by atoms with Gasteiger partial charge in [-0.15, -0.1) is 0 Å². The number of hydrogen-bond acceptors (Lipinski definition) is 2. The van der Waals surface area contributed by atoms with Crippen molar-refractivity contribution in [3.63, 3.8) is 0 Å². The maximum Gasteiger partial charge on any atom is 0.0555 e. The van der Waals surface area contributed by atoms with E-state index in [0.29, 0.717) is 6.04 Å². The van der Waals surface area contributed by atoms with Gasteiger partial charge in [-0.25, -0.2) is 0 Å². The van der Waals surface area contributed by atoms with Crippen molar-refractivity contribution in [1.29, 1.82) is 0 Å². The van der Waals surface area contributed by atoms with E-state index in [0.717, 1.165) is 18.8 Å². The predicted octanol–water partition coefficient (Wildman–Crippen LogP) is 2.46. The molecule has 2 N–H and O–H groups in total. The maximum absolute atomic E-state index is 9.58. The van der Waals surface area contributed by atoms with E-state index in [1.807, 2.05) is 0 Å². The molecule has 2 aliphatic rings. The third-order valence-electron chi connectivity index (χ3n) is 4.07. The van der Waals surface area contributed by atoms with E-state index in [9.17, 15) is 5.11 Å². The Hall–Kier alpha value is -0.0800. The number of nitrogens with one attached hydrogen (secondary N) is 1. The summed E-state index contributed by atoms with van der Waals surface area (Å²) >= 11 is 0. The molecule has 2 heteroatoms. The van der Waals surface area contributed by atoms with Crippen LogP contribution in [0, 0.1) is 5.92 Å². The molecule has 0 saturated heterocycles. The van der Waals surface area contributed by atoms with Gasteiger partial charge in [0.05, 0.1) is 6.10 Å². The Kier molecular flexibility index (Phi) is 4.45. The Balaban J connectivity index is 1.63. The molecule has 0 aromatic heterocycles. The van der Waals surface area contributed by atoms with Gasteiger partial charge in [-0.3, -0.25) is 0 Å². The molecule has 0 amide bonds. The monoisotopic (exact) mass is 211 g/mol. The van der Waals surface area contributed by atoms with E-state index in [2.05, 4.69) is 5.32 Å². The van der Waals surface area contributed by atoms with E-state index < -0.39 is 0 Å². The largest absolute Gasteiger partial charge is 0.393 e. The highest BCUT2D eigenvalue weighted by atomic mass is 16.3. The normalized spacial score (nSPS) is 34.2. The first-order valence-electron chi connectivity index (χ1n) is 6.76. The first kappa shape index (κ1) is 11.4. The molecule has 2 nitrogen and oxygen atoms in total. The van der Waals surface area contributed by atoms with Crippen molar-refractivity contribution < 1.29 is 5.11 Å². The third-order valence-corrected chi connectivity index (χ3v) is 4.07. The quantitative estimate of drug-likeness (QED) is 0.751. The van der Waals surface area contributed by atoms with Crippen molar-refractivity contribution in [2.75, 3.05) is 6.54 Å². The van der Waals surface area contributed by atoms with Gasteiger partial charge < -0.3 is 10.4 Å². The minimum atomic E-state index is -0.0393. The van der Waals surface area contributed by atoms with Gasteiger partial charge in [0.25, 0.3) is 0 Å². The van der Waals surface area contributed by atoms with Crippen molar-refractivity contribution in [3.05, 3.63) is 0 Å². The third kappa shape index (κ3) is 3.76. The van der Waals surface area contributed by atoms with Crippen LogP contribution < -0.4 is 5.32 Å². The lowest BCUT2D eigenvalue weighted by atomic mass is 9.88. The van der Waals surface area contributed by atoms with Crippen LogP contribution in [0.3, 0.4) is 0 Å². The fourth-order valence-electron chi connectivity index (χ4n) is 3.07. The van der Waals surface area contributed by atoms with E-state index in [1.165, 1.54) is 51.5 Å². The fourth-order valence-corrected chi connectivity index (χ4v) is 3.07. The molecule has 2 aliphatic carbocycles. The Morgan fingerprint density at radius 1 is 0.933 bits per heavy atom. The molecule has 0 bridgehead atoms. The molecule has 0 aromatic rings. The van der Waals surface area contributed by atoms with Gasteiger partial charge >= 0.3 is 0 Å². The summed E-state index contributed by atoms with van der Waals surface area (Å²) in [5, 5.41) is 13.2. The average Bonchev–Trinajstić information content (AvgIpc) is 2.28. The predicted molar refractivity (Wildman–Crippen MR) is 62.8 cm³/mol. The number of rotatable bonds is 3. The van der Waals surface area contributed by atoms with Crippen LogP contribution in [0.2, 0.25) is 0 Å². The molecule has 0 aromatic carbocycles. The van der Waals surface area contributed by atoms with E-state index >= 15 is 0 Å². The minimum Gasteiger partial charge on any atom is -0.393 e. The Bertz CT molecular complexity index is 177. The zero-order chi connectivity index (χ0) is 10.5. The van der Waals surface area contributed by atoms with E-state index in [1.54, 1.807) is 0 Å². The minimum absolute atomic E-state index is 0.0393. The van der Waals surface area contributed by atoms with Crippen molar-refractivity contribution in [2.45, 2.75) is 69.9 Å². The molecular formula is C13H25NO. The van der Waals surface area contributed by atoms with Crippen LogP contribution in [0.5, 0.6) is 0 Å². The van der Waals surface area contributed by atoms with Gasteiger partial charge in [0.15, 0.2) is 0 Å². The number of aliphatic hydroxyl groups excluding tert-OH is 1. The van der Waals surface area contributed by atoms with Gasteiger partial charge in [-0.1, -0.05) is 19.3 Å². The molecule has 0 spiro atoms. The van der Waals surface area contributed by atoms with Crippen LogP contribution in [0.15, 0.2) is 0 Å². The number of aliphatic hydroxyl groups is 1. The zero-order valence-corrected chi connectivity index (χ0v) is 9.75. The van der Waals surface area contributed by atoms with Crippen LogP contribution in [0.25, 0.3) is 0 Å². The van der Waals surface area contributed by atoms with Gasteiger partial charge in [0, 0.05) is 6.04 Å². The summed E-state index contributed by atoms with van der Waals surface area (Å²) in [6.45, 7) is 1.19. The summed E-state index contributed by atoms with van der Waals surface area (Å²) < 4.78 is 0. The van der Waals surface area contributed by atoms with Crippen LogP contribution in [-0.4, -0.2) is 23.8 Å². The lowest BCUT2D eigenvalue weighted by molar-refractivity contribution is 0.110. The van der Waals surface area contributed by atoms with Gasteiger partial charge in [0.1, 0.15) is 0 Å². The van der Waals surface area contributed by atoms with Crippen molar-refractivity contribution >= 4 is 0 Å². The standard InChI is InChI=1S/C13H25NO/c15-13-8-4-7-12(9-13)14-10-11-5-2-1-3-6-11/h11-15H,1-10H2. The van der Waals surface area contributed by atoms with Crippen LogP contribution >= 0.6 is 0 Å². The zero-order valence-electron chi connectivity index (χ0n) is 9.75. The van der Waals surface area contributed by atoms with Crippen molar-refractivity contribution in [3.8, 4) is 0 Å². The molecule has 0 heterocycles. The Morgan fingerprint density at radius 2 is 1.73 bits per heavy atom. The first-order chi connectivity index (χ1) is 7.34. The van der Waals surface area contributed by atoms with E-state index in [-0.39, 0.29) is 6.10 Å². The molecule has 0 radical (unpaired) electrons. The topological polar surface area (TPSA) is 32.3 Å².